The van der Waals surface area contributed by atoms with Gasteiger partial charge in [0, 0.05) is 18.1 Å². The van der Waals surface area contributed by atoms with Crippen LogP contribution in [-0.2, 0) is 6.18 Å². The van der Waals surface area contributed by atoms with E-state index >= 15 is 0 Å². The standard InChI is InChI=1S/C12H13F3N4O.ClH/c13-12(14,15)9-6-10-17-11(20)5-8(19(10)18-9)7-1-3-16-4-2-7;/h5-7,16H,1-4H2,(H,17,20);1H. The van der Waals surface area contributed by atoms with E-state index < -0.39 is 17.4 Å². The van der Waals surface area contributed by atoms with Crippen molar-refractivity contribution in [1.29, 1.82) is 0 Å². The van der Waals surface area contributed by atoms with Crippen molar-refractivity contribution >= 4 is 18.1 Å². The first kappa shape index (κ1) is 15.8. The van der Waals surface area contributed by atoms with Gasteiger partial charge in [-0.2, -0.15) is 18.3 Å². The van der Waals surface area contributed by atoms with Gasteiger partial charge in [-0.1, -0.05) is 0 Å². The van der Waals surface area contributed by atoms with E-state index in [-0.39, 0.29) is 24.0 Å². The molecule has 1 fully saturated rings. The first-order valence-electron chi connectivity index (χ1n) is 6.36. The fourth-order valence-corrected chi connectivity index (χ4v) is 2.57. The van der Waals surface area contributed by atoms with E-state index in [1.165, 1.54) is 10.6 Å². The van der Waals surface area contributed by atoms with Crippen LogP contribution in [0.2, 0.25) is 0 Å². The number of halogens is 4. The van der Waals surface area contributed by atoms with Gasteiger partial charge < -0.3 is 10.3 Å². The summed E-state index contributed by atoms with van der Waals surface area (Å²) in [6.45, 7) is 1.57. The Morgan fingerprint density at radius 2 is 1.90 bits per heavy atom. The van der Waals surface area contributed by atoms with Gasteiger partial charge in [0.2, 0.25) is 0 Å². The molecule has 0 bridgehead atoms. The lowest BCUT2D eigenvalue weighted by atomic mass is 9.94. The summed E-state index contributed by atoms with van der Waals surface area (Å²) in [6.07, 6.45) is -2.96. The van der Waals surface area contributed by atoms with Crippen LogP contribution in [0.4, 0.5) is 13.2 Å². The molecule has 0 unspecified atom stereocenters. The highest BCUT2D eigenvalue weighted by atomic mass is 35.5. The van der Waals surface area contributed by atoms with Crippen molar-refractivity contribution < 1.29 is 13.2 Å². The van der Waals surface area contributed by atoms with Crippen molar-refractivity contribution in [1.82, 2.24) is 19.9 Å². The van der Waals surface area contributed by atoms with Crippen molar-refractivity contribution in [3.05, 3.63) is 33.9 Å². The third-order valence-corrected chi connectivity index (χ3v) is 3.53. The Morgan fingerprint density at radius 1 is 1.24 bits per heavy atom. The predicted octanol–water partition coefficient (Wildman–Crippen LogP) is 1.93. The normalized spacial score (nSPS) is 16.9. The Labute approximate surface area is 124 Å². The van der Waals surface area contributed by atoms with E-state index in [2.05, 4.69) is 15.4 Å². The SMILES string of the molecule is Cl.O=c1cc(C2CCNCC2)n2nc(C(F)(F)F)cc2[nH]1. The van der Waals surface area contributed by atoms with Crippen LogP contribution in [0.5, 0.6) is 0 Å². The summed E-state index contributed by atoms with van der Waals surface area (Å²) in [5.41, 5.74) is -0.770. The Hall–Kier alpha value is -1.54. The summed E-state index contributed by atoms with van der Waals surface area (Å²) in [5, 5.41) is 6.78. The summed E-state index contributed by atoms with van der Waals surface area (Å²) in [7, 11) is 0. The summed E-state index contributed by atoms with van der Waals surface area (Å²) >= 11 is 0. The van der Waals surface area contributed by atoms with E-state index in [1.54, 1.807) is 0 Å². The molecule has 0 radical (unpaired) electrons. The minimum absolute atomic E-state index is 0. The van der Waals surface area contributed by atoms with Crippen LogP contribution in [-0.4, -0.2) is 27.7 Å². The van der Waals surface area contributed by atoms with Gasteiger partial charge in [-0.25, -0.2) is 4.52 Å². The molecule has 0 atom stereocenters. The average molecular weight is 323 g/mol. The molecule has 2 aromatic heterocycles. The van der Waals surface area contributed by atoms with Crippen LogP contribution in [0.25, 0.3) is 5.65 Å². The molecule has 5 nitrogen and oxygen atoms in total. The lowest BCUT2D eigenvalue weighted by molar-refractivity contribution is -0.141. The molecule has 3 rings (SSSR count). The number of H-pyrrole nitrogens is 1. The van der Waals surface area contributed by atoms with Crippen molar-refractivity contribution in [2.45, 2.75) is 24.9 Å². The zero-order valence-corrected chi connectivity index (χ0v) is 11.7. The maximum atomic E-state index is 12.7. The molecule has 21 heavy (non-hydrogen) atoms. The molecule has 9 heteroatoms. The minimum atomic E-state index is -4.52. The number of rotatable bonds is 1. The lowest BCUT2D eigenvalue weighted by Gasteiger charge is -2.23. The highest BCUT2D eigenvalue weighted by Gasteiger charge is 2.35. The molecule has 3 heterocycles. The monoisotopic (exact) mass is 322 g/mol. The van der Waals surface area contributed by atoms with Crippen LogP contribution in [0, 0.1) is 0 Å². The molecule has 2 aromatic rings. The van der Waals surface area contributed by atoms with Crippen LogP contribution in [0.15, 0.2) is 16.9 Å². The van der Waals surface area contributed by atoms with E-state index in [9.17, 15) is 18.0 Å². The largest absolute Gasteiger partial charge is 0.435 e. The van der Waals surface area contributed by atoms with Gasteiger partial charge in [0.05, 0.1) is 5.69 Å². The predicted molar refractivity (Wildman–Crippen MR) is 72.9 cm³/mol. The molecular weight excluding hydrogens is 309 g/mol. The quantitative estimate of drug-likeness (QED) is 0.843. The Morgan fingerprint density at radius 3 is 2.52 bits per heavy atom. The van der Waals surface area contributed by atoms with Crippen LogP contribution >= 0.6 is 12.4 Å². The van der Waals surface area contributed by atoms with Crippen molar-refractivity contribution in [2.75, 3.05) is 13.1 Å². The molecule has 0 amide bonds. The number of alkyl halides is 3. The van der Waals surface area contributed by atoms with Gasteiger partial charge in [-0.15, -0.1) is 12.4 Å². The fourth-order valence-electron chi connectivity index (χ4n) is 2.57. The molecule has 1 aliphatic rings. The third-order valence-electron chi connectivity index (χ3n) is 3.53. The fraction of sp³-hybridized carbons (Fsp3) is 0.500. The summed E-state index contributed by atoms with van der Waals surface area (Å²) < 4.78 is 39.4. The topological polar surface area (TPSA) is 62.2 Å². The van der Waals surface area contributed by atoms with Gasteiger partial charge in [-0.05, 0) is 25.9 Å². The number of aromatic nitrogens is 3. The second-order valence-electron chi connectivity index (χ2n) is 4.91. The zero-order valence-electron chi connectivity index (χ0n) is 10.9. The number of fused-ring (bicyclic) bond motifs is 1. The van der Waals surface area contributed by atoms with E-state index in [0.717, 1.165) is 32.0 Å². The molecule has 1 saturated heterocycles. The Bertz CT molecular complexity index is 688. The summed E-state index contributed by atoms with van der Waals surface area (Å²) in [4.78, 5) is 14.0. The van der Waals surface area contributed by atoms with Crippen LogP contribution in [0.1, 0.15) is 30.1 Å². The van der Waals surface area contributed by atoms with Crippen molar-refractivity contribution in [3.63, 3.8) is 0 Å². The molecule has 0 spiro atoms. The van der Waals surface area contributed by atoms with Gasteiger partial charge in [0.1, 0.15) is 5.65 Å². The molecular formula is C12H14ClF3N4O. The van der Waals surface area contributed by atoms with Crippen molar-refractivity contribution in [2.24, 2.45) is 0 Å². The highest BCUT2D eigenvalue weighted by molar-refractivity contribution is 5.85. The average Bonchev–Trinajstić information content (AvgIpc) is 2.82. The molecule has 1 aliphatic heterocycles. The summed E-state index contributed by atoms with van der Waals surface area (Å²) in [6, 6.07) is 2.21. The highest BCUT2D eigenvalue weighted by Crippen LogP contribution is 2.30. The second kappa shape index (κ2) is 5.69. The molecule has 0 aliphatic carbocycles. The number of nitrogens with one attached hydrogen (secondary N) is 2. The first-order chi connectivity index (χ1) is 9.45. The second-order valence-corrected chi connectivity index (χ2v) is 4.91. The summed E-state index contributed by atoms with van der Waals surface area (Å²) in [5.74, 6) is 0.0435. The third kappa shape index (κ3) is 3.06. The van der Waals surface area contributed by atoms with Gasteiger partial charge in [0.15, 0.2) is 5.69 Å². The number of hydrogen-bond donors (Lipinski definition) is 2. The van der Waals surface area contributed by atoms with E-state index in [4.69, 9.17) is 0 Å². The van der Waals surface area contributed by atoms with Crippen LogP contribution in [0.3, 0.4) is 0 Å². The lowest BCUT2D eigenvalue weighted by Crippen LogP contribution is -2.28. The van der Waals surface area contributed by atoms with Gasteiger partial charge >= 0.3 is 6.18 Å². The van der Waals surface area contributed by atoms with Crippen LogP contribution < -0.4 is 10.9 Å². The maximum absolute atomic E-state index is 12.7. The minimum Gasteiger partial charge on any atom is -0.317 e. The molecule has 2 N–H and O–H groups in total. The van der Waals surface area contributed by atoms with Gasteiger partial charge in [0.25, 0.3) is 5.56 Å². The Balaban J connectivity index is 0.00000161. The smallest absolute Gasteiger partial charge is 0.317 e. The molecule has 116 valence electrons. The molecule has 0 aromatic carbocycles. The van der Waals surface area contributed by atoms with E-state index in [1.807, 2.05) is 0 Å². The first-order valence-corrected chi connectivity index (χ1v) is 6.36. The van der Waals surface area contributed by atoms with Crippen molar-refractivity contribution in [3.8, 4) is 0 Å². The number of nitrogens with zero attached hydrogens (tertiary/aromatic N) is 2. The number of piperidine rings is 1. The number of aromatic amines is 1. The zero-order chi connectivity index (χ0) is 14.3. The van der Waals surface area contributed by atoms with E-state index in [0.29, 0.717) is 5.69 Å². The molecule has 0 saturated carbocycles. The number of hydrogen-bond acceptors (Lipinski definition) is 3. The van der Waals surface area contributed by atoms with Gasteiger partial charge in [-0.3, -0.25) is 4.79 Å². The Kier molecular flexibility index (Phi) is 4.29. The maximum Gasteiger partial charge on any atom is 0.435 e.